The van der Waals surface area contributed by atoms with E-state index in [0.29, 0.717) is 24.8 Å². The van der Waals surface area contributed by atoms with Crippen molar-refractivity contribution in [3.63, 3.8) is 0 Å². The molecule has 2 N–H and O–H groups in total. The van der Waals surface area contributed by atoms with E-state index in [0.717, 1.165) is 36.6 Å². The average molecular weight is 408 g/mol. The van der Waals surface area contributed by atoms with Gasteiger partial charge >= 0.3 is 6.09 Å². The molecule has 1 aliphatic rings. The number of hydrogen-bond donors (Lipinski definition) is 2. The molecule has 0 atom stereocenters. The molecule has 1 aliphatic heterocycles. The van der Waals surface area contributed by atoms with Crippen LogP contribution in [0.3, 0.4) is 0 Å². The minimum absolute atomic E-state index is 0.446. The molecular weight excluding hydrogens is 384 g/mol. The summed E-state index contributed by atoms with van der Waals surface area (Å²) in [6.07, 6.45) is 5.60. The van der Waals surface area contributed by atoms with Gasteiger partial charge in [-0.3, -0.25) is 0 Å². The first-order chi connectivity index (χ1) is 14.6. The summed E-state index contributed by atoms with van der Waals surface area (Å²) in [5.41, 5.74) is 1.84. The number of aromatic nitrogens is 5. The van der Waals surface area contributed by atoms with Crippen molar-refractivity contribution in [3.05, 3.63) is 49.3 Å². The Morgan fingerprint density at radius 3 is 2.63 bits per heavy atom. The minimum Gasteiger partial charge on any atom is -0.465 e. The van der Waals surface area contributed by atoms with E-state index < -0.39 is 6.09 Å². The van der Waals surface area contributed by atoms with Gasteiger partial charge in [-0.2, -0.15) is 5.10 Å². The van der Waals surface area contributed by atoms with Crippen LogP contribution in [0.4, 0.5) is 22.1 Å². The number of hydrogen-bond acceptors (Lipinski definition) is 7. The van der Waals surface area contributed by atoms with E-state index in [1.54, 1.807) is 17.3 Å². The van der Waals surface area contributed by atoms with Crippen LogP contribution in [0, 0.1) is 5.92 Å². The van der Waals surface area contributed by atoms with E-state index in [4.69, 9.17) is 5.11 Å². The molecule has 0 spiro atoms. The number of anilines is 3. The molecule has 3 aromatic rings. The van der Waals surface area contributed by atoms with Crippen LogP contribution < -0.4 is 10.2 Å². The molecule has 10 nitrogen and oxygen atoms in total. The lowest BCUT2D eigenvalue weighted by Gasteiger charge is -2.32. The summed E-state index contributed by atoms with van der Waals surface area (Å²) < 4.78 is 1.70. The highest BCUT2D eigenvalue weighted by Crippen LogP contribution is 2.23. The fourth-order valence-corrected chi connectivity index (χ4v) is 3.60. The predicted molar refractivity (Wildman–Crippen MR) is 112 cm³/mol. The van der Waals surface area contributed by atoms with Gasteiger partial charge in [0, 0.05) is 38.4 Å². The highest BCUT2D eigenvalue weighted by atomic mass is 16.4. The highest BCUT2D eigenvalue weighted by molar-refractivity contribution is 5.65. The van der Waals surface area contributed by atoms with E-state index in [1.807, 2.05) is 37.4 Å². The van der Waals surface area contributed by atoms with E-state index in [-0.39, 0.29) is 0 Å². The summed E-state index contributed by atoms with van der Waals surface area (Å²) in [6.45, 7) is 2.01. The van der Waals surface area contributed by atoms with Gasteiger partial charge in [-0.1, -0.05) is 0 Å². The Morgan fingerprint density at radius 1 is 1.20 bits per heavy atom. The number of amides is 1. The first kappa shape index (κ1) is 19.6. The third-order valence-corrected chi connectivity index (χ3v) is 5.28. The summed E-state index contributed by atoms with van der Waals surface area (Å²) in [6, 6.07) is 9.73. The summed E-state index contributed by atoms with van der Waals surface area (Å²) in [5.74, 6) is 1.98. The first-order valence-electron chi connectivity index (χ1n) is 9.81. The van der Waals surface area contributed by atoms with Crippen LogP contribution in [0.15, 0.2) is 49.3 Å². The molecule has 4 rings (SSSR count). The standard InChI is InChI=1S/C20H24N8O2/c1-26(11-15-6-8-27(9-7-15)20(29)30)19-10-18(22-13-23-19)25-16-2-4-17(5-3-16)28-14-21-12-24-28/h2-5,10,12-15H,6-9,11H2,1H3,(H,29,30)(H,22,23,25). The molecule has 3 heterocycles. The third-order valence-electron chi connectivity index (χ3n) is 5.28. The molecular formula is C20H24N8O2. The Kier molecular flexibility index (Phi) is 5.73. The van der Waals surface area contributed by atoms with Crippen LogP contribution in [0.5, 0.6) is 0 Å². The number of benzene rings is 1. The van der Waals surface area contributed by atoms with Crippen LogP contribution in [0.25, 0.3) is 5.69 Å². The molecule has 156 valence electrons. The lowest BCUT2D eigenvalue weighted by atomic mass is 9.96. The molecule has 0 aliphatic carbocycles. The van der Waals surface area contributed by atoms with Crippen LogP contribution in [0.1, 0.15) is 12.8 Å². The maximum absolute atomic E-state index is 11.1. The predicted octanol–water partition coefficient (Wildman–Crippen LogP) is 2.63. The largest absolute Gasteiger partial charge is 0.465 e. The van der Waals surface area contributed by atoms with Crippen LogP contribution >= 0.6 is 0 Å². The molecule has 1 aromatic carbocycles. The normalized spacial score (nSPS) is 14.5. The average Bonchev–Trinajstić information content (AvgIpc) is 3.30. The first-order valence-corrected chi connectivity index (χ1v) is 9.81. The van der Waals surface area contributed by atoms with E-state index >= 15 is 0 Å². The Bertz CT molecular complexity index is 969. The maximum Gasteiger partial charge on any atom is 0.407 e. The second kappa shape index (κ2) is 8.76. The Labute approximate surface area is 174 Å². The van der Waals surface area contributed by atoms with E-state index in [2.05, 4.69) is 30.3 Å². The molecule has 1 saturated heterocycles. The zero-order valence-electron chi connectivity index (χ0n) is 16.7. The number of piperidine rings is 1. The van der Waals surface area contributed by atoms with Gasteiger partial charge in [-0.05, 0) is 43.0 Å². The molecule has 1 amide bonds. The van der Waals surface area contributed by atoms with Crippen molar-refractivity contribution in [3.8, 4) is 5.69 Å². The van der Waals surface area contributed by atoms with Crippen molar-refractivity contribution in [2.45, 2.75) is 12.8 Å². The van der Waals surface area contributed by atoms with E-state index in [9.17, 15) is 4.79 Å². The van der Waals surface area contributed by atoms with Gasteiger partial charge in [0.05, 0.1) is 5.69 Å². The fourth-order valence-electron chi connectivity index (χ4n) is 3.60. The summed E-state index contributed by atoms with van der Waals surface area (Å²) in [7, 11) is 2.00. The van der Waals surface area contributed by atoms with Gasteiger partial charge in [0.25, 0.3) is 0 Å². The molecule has 0 saturated carbocycles. The Hall–Kier alpha value is -3.69. The number of rotatable bonds is 6. The molecule has 0 bridgehead atoms. The van der Waals surface area contributed by atoms with Crippen molar-refractivity contribution in [1.29, 1.82) is 0 Å². The molecule has 0 radical (unpaired) electrons. The third kappa shape index (κ3) is 4.65. The monoisotopic (exact) mass is 408 g/mol. The topological polar surface area (TPSA) is 112 Å². The molecule has 1 fully saturated rings. The highest BCUT2D eigenvalue weighted by Gasteiger charge is 2.23. The number of nitrogens with one attached hydrogen (secondary N) is 1. The SMILES string of the molecule is CN(CC1CCN(C(=O)O)CC1)c1cc(Nc2ccc(-n3cncn3)cc2)ncn1. The minimum atomic E-state index is -0.831. The van der Waals surface area contributed by atoms with E-state index in [1.165, 1.54) is 11.2 Å². The number of nitrogens with zero attached hydrogens (tertiary/aromatic N) is 7. The lowest BCUT2D eigenvalue weighted by molar-refractivity contribution is 0.125. The van der Waals surface area contributed by atoms with Gasteiger partial charge in [0.2, 0.25) is 0 Å². The maximum atomic E-state index is 11.1. The second-order valence-electron chi connectivity index (χ2n) is 7.37. The van der Waals surface area contributed by atoms with Crippen molar-refractivity contribution in [2.75, 3.05) is 36.9 Å². The fraction of sp³-hybridized carbons (Fsp3) is 0.350. The second-order valence-corrected chi connectivity index (χ2v) is 7.37. The van der Waals surface area contributed by atoms with Crippen LogP contribution in [-0.2, 0) is 0 Å². The van der Waals surface area contributed by atoms with Crippen molar-refractivity contribution >= 4 is 23.4 Å². The Morgan fingerprint density at radius 2 is 1.97 bits per heavy atom. The van der Waals surface area contributed by atoms with Crippen molar-refractivity contribution in [1.82, 2.24) is 29.6 Å². The van der Waals surface area contributed by atoms with Crippen LogP contribution in [-0.4, -0.2) is 67.5 Å². The Balaban J connectivity index is 1.36. The zero-order valence-corrected chi connectivity index (χ0v) is 16.7. The molecule has 30 heavy (non-hydrogen) atoms. The van der Waals surface area contributed by atoms with Crippen molar-refractivity contribution in [2.24, 2.45) is 5.92 Å². The smallest absolute Gasteiger partial charge is 0.407 e. The number of carboxylic acid groups (broad SMARTS) is 1. The van der Waals surface area contributed by atoms with Crippen molar-refractivity contribution < 1.29 is 9.90 Å². The quantitative estimate of drug-likeness (QED) is 0.640. The molecule has 2 aromatic heterocycles. The number of carbonyl (C=O) groups is 1. The van der Waals surface area contributed by atoms with Gasteiger partial charge in [-0.25, -0.2) is 24.4 Å². The van der Waals surface area contributed by atoms with Gasteiger partial charge in [0.15, 0.2) is 0 Å². The van der Waals surface area contributed by atoms with Gasteiger partial charge < -0.3 is 20.2 Å². The molecule has 0 unspecified atom stereocenters. The molecule has 10 heteroatoms. The summed E-state index contributed by atoms with van der Waals surface area (Å²) in [4.78, 5) is 27.3. The van der Waals surface area contributed by atoms with Gasteiger partial charge in [0.1, 0.15) is 30.6 Å². The lowest BCUT2D eigenvalue weighted by Crippen LogP contribution is -2.40. The summed E-state index contributed by atoms with van der Waals surface area (Å²) >= 11 is 0. The zero-order chi connectivity index (χ0) is 20.9. The number of likely N-dealkylation sites (tertiary alicyclic amines) is 1. The van der Waals surface area contributed by atoms with Crippen LogP contribution in [0.2, 0.25) is 0 Å². The summed E-state index contributed by atoms with van der Waals surface area (Å²) in [5, 5.41) is 16.5. The van der Waals surface area contributed by atoms with Gasteiger partial charge in [-0.15, -0.1) is 0 Å².